The van der Waals surface area contributed by atoms with Gasteiger partial charge in [0.05, 0.1) is 17.7 Å². The van der Waals surface area contributed by atoms with E-state index in [1.54, 1.807) is 6.26 Å². The molecule has 0 fully saturated rings. The molecule has 8 heteroatoms. The van der Waals surface area contributed by atoms with Crippen molar-refractivity contribution >= 4 is 29.3 Å². The van der Waals surface area contributed by atoms with E-state index in [4.69, 9.17) is 11.6 Å². The van der Waals surface area contributed by atoms with E-state index in [2.05, 4.69) is 9.47 Å². The Bertz CT molecular complexity index is 477. The van der Waals surface area contributed by atoms with Crippen LogP contribution in [0.25, 0.3) is 0 Å². The normalized spacial score (nSPS) is 11.3. The van der Waals surface area contributed by atoms with Crippen LogP contribution in [0.3, 0.4) is 0 Å². The lowest BCUT2D eigenvalue weighted by atomic mass is 10.1. The van der Waals surface area contributed by atoms with E-state index < -0.39 is 18.1 Å². The highest BCUT2D eigenvalue weighted by Crippen LogP contribution is 2.35. The highest BCUT2D eigenvalue weighted by atomic mass is 35.5. The number of alkyl halides is 3. The van der Waals surface area contributed by atoms with Crippen LogP contribution in [0, 0.1) is 0 Å². The molecule has 0 saturated carbocycles. The minimum Gasteiger partial charge on any atom is -0.465 e. The number of thioether (sulfide) groups is 1. The van der Waals surface area contributed by atoms with Crippen molar-refractivity contribution < 1.29 is 27.4 Å². The Labute approximate surface area is 117 Å². The molecular formula is C11H10ClF3O3S. The Hall–Kier alpha value is -1.08. The molecule has 3 nitrogen and oxygen atoms in total. The van der Waals surface area contributed by atoms with Gasteiger partial charge in [0.15, 0.2) is 0 Å². The summed E-state index contributed by atoms with van der Waals surface area (Å²) in [5, 5.41) is -0.0945. The Balaban J connectivity index is 3.27. The highest BCUT2D eigenvalue weighted by molar-refractivity contribution is 7.97. The van der Waals surface area contributed by atoms with Crippen LogP contribution in [0.1, 0.15) is 15.9 Å². The van der Waals surface area contributed by atoms with Crippen LogP contribution in [0.2, 0.25) is 5.02 Å². The fourth-order valence-electron chi connectivity index (χ4n) is 1.37. The summed E-state index contributed by atoms with van der Waals surface area (Å²) >= 11 is 7.19. The maximum atomic E-state index is 12.3. The molecule has 19 heavy (non-hydrogen) atoms. The molecule has 0 aliphatic carbocycles. The van der Waals surface area contributed by atoms with Crippen molar-refractivity contribution in [3.8, 4) is 5.75 Å². The predicted octanol–water partition coefficient (Wildman–Crippen LogP) is 3.89. The van der Waals surface area contributed by atoms with Gasteiger partial charge in [-0.3, -0.25) is 0 Å². The molecule has 0 heterocycles. The summed E-state index contributed by atoms with van der Waals surface area (Å²) in [6.07, 6.45) is -3.12. The zero-order valence-corrected chi connectivity index (χ0v) is 11.6. The zero-order chi connectivity index (χ0) is 14.6. The molecule has 0 atom stereocenters. The van der Waals surface area contributed by atoms with E-state index in [1.165, 1.54) is 11.8 Å². The van der Waals surface area contributed by atoms with E-state index in [1.807, 2.05) is 0 Å². The summed E-state index contributed by atoms with van der Waals surface area (Å²) in [7, 11) is 1.16. The largest absolute Gasteiger partial charge is 0.573 e. The number of halogens is 4. The molecule has 0 N–H and O–H groups in total. The molecule has 0 saturated heterocycles. The molecular weight excluding hydrogens is 305 g/mol. The van der Waals surface area contributed by atoms with Gasteiger partial charge in [0.1, 0.15) is 5.75 Å². The third-order valence-corrected chi connectivity index (χ3v) is 3.13. The first-order valence-electron chi connectivity index (χ1n) is 4.94. The second kappa shape index (κ2) is 6.38. The molecule has 1 aromatic rings. The minimum absolute atomic E-state index is 0.00254. The first kappa shape index (κ1) is 16.0. The smallest absolute Gasteiger partial charge is 0.465 e. The number of esters is 1. The quantitative estimate of drug-likeness (QED) is 0.790. The van der Waals surface area contributed by atoms with E-state index in [9.17, 15) is 18.0 Å². The summed E-state index contributed by atoms with van der Waals surface area (Å²) < 4.78 is 45.1. The summed E-state index contributed by atoms with van der Waals surface area (Å²) in [5.74, 6) is -0.958. The SMILES string of the molecule is COC(=O)c1ccc(OC(F)(F)F)c(CSC)c1Cl. The Morgan fingerprint density at radius 1 is 1.42 bits per heavy atom. The molecule has 1 aromatic carbocycles. The number of ether oxygens (including phenoxy) is 2. The van der Waals surface area contributed by atoms with Crippen LogP contribution in [0.4, 0.5) is 13.2 Å². The molecule has 1 rings (SSSR count). The van der Waals surface area contributed by atoms with Crippen LogP contribution in [0.15, 0.2) is 12.1 Å². The first-order chi connectivity index (χ1) is 8.80. The number of benzene rings is 1. The fourth-order valence-corrected chi connectivity index (χ4v) is 2.32. The zero-order valence-electron chi connectivity index (χ0n) is 10.0. The first-order valence-corrected chi connectivity index (χ1v) is 6.71. The molecule has 0 amide bonds. The van der Waals surface area contributed by atoms with Crippen LogP contribution in [0.5, 0.6) is 5.75 Å². The molecule has 0 unspecified atom stereocenters. The minimum atomic E-state index is -4.82. The number of rotatable bonds is 4. The summed E-state index contributed by atoms with van der Waals surface area (Å²) in [4.78, 5) is 11.4. The second-order valence-electron chi connectivity index (χ2n) is 3.38. The Morgan fingerprint density at radius 3 is 2.53 bits per heavy atom. The van der Waals surface area contributed by atoms with Gasteiger partial charge in [-0.05, 0) is 18.4 Å². The second-order valence-corrected chi connectivity index (χ2v) is 4.62. The number of hydrogen-bond donors (Lipinski definition) is 0. The van der Waals surface area contributed by atoms with E-state index in [0.29, 0.717) is 0 Å². The predicted molar refractivity (Wildman–Crippen MR) is 66.7 cm³/mol. The molecule has 0 spiro atoms. The Morgan fingerprint density at radius 2 is 2.05 bits per heavy atom. The van der Waals surface area contributed by atoms with Crippen LogP contribution >= 0.6 is 23.4 Å². The highest BCUT2D eigenvalue weighted by Gasteiger charge is 2.33. The van der Waals surface area contributed by atoms with Crippen molar-refractivity contribution in [2.24, 2.45) is 0 Å². The maximum absolute atomic E-state index is 12.3. The van der Waals surface area contributed by atoms with Gasteiger partial charge in [0, 0.05) is 11.3 Å². The van der Waals surface area contributed by atoms with E-state index in [-0.39, 0.29) is 21.9 Å². The summed E-state index contributed by atoms with van der Waals surface area (Å²) in [5.41, 5.74) is 0.108. The standard InChI is InChI=1S/C11H10ClF3O3S/c1-17-10(16)6-3-4-8(18-11(13,14)15)7(5-19-2)9(6)12/h3-4H,5H2,1-2H3. The summed E-state index contributed by atoms with van der Waals surface area (Å²) in [6.45, 7) is 0. The number of hydrogen-bond acceptors (Lipinski definition) is 4. The fraction of sp³-hybridized carbons (Fsp3) is 0.364. The van der Waals surface area contributed by atoms with Gasteiger partial charge in [0.2, 0.25) is 0 Å². The van der Waals surface area contributed by atoms with Gasteiger partial charge >= 0.3 is 12.3 Å². The van der Waals surface area contributed by atoms with Gasteiger partial charge in [-0.1, -0.05) is 11.6 Å². The third kappa shape index (κ3) is 4.21. The van der Waals surface area contributed by atoms with Gasteiger partial charge < -0.3 is 9.47 Å². The van der Waals surface area contributed by atoms with E-state index in [0.717, 1.165) is 19.2 Å². The molecule has 0 bridgehead atoms. The maximum Gasteiger partial charge on any atom is 0.573 e. The van der Waals surface area contributed by atoms with Gasteiger partial charge in [-0.15, -0.1) is 13.2 Å². The molecule has 0 radical (unpaired) electrons. The lowest BCUT2D eigenvalue weighted by Gasteiger charge is -2.15. The van der Waals surface area contributed by atoms with Crippen LogP contribution < -0.4 is 4.74 Å². The lowest BCUT2D eigenvalue weighted by molar-refractivity contribution is -0.274. The van der Waals surface area contributed by atoms with E-state index >= 15 is 0 Å². The van der Waals surface area contributed by atoms with Gasteiger partial charge in [0.25, 0.3) is 0 Å². The van der Waals surface area contributed by atoms with Crippen LogP contribution in [-0.4, -0.2) is 25.7 Å². The average molecular weight is 315 g/mol. The van der Waals surface area contributed by atoms with Crippen molar-refractivity contribution in [3.63, 3.8) is 0 Å². The molecule has 0 aliphatic rings. The average Bonchev–Trinajstić information content (AvgIpc) is 2.31. The topological polar surface area (TPSA) is 35.5 Å². The molecule has 0 aromatic heterocycles. The lowest BCUT2D eigenvalue weighted by Crippen LogP contribution is -2.18. The molecule has 0 aliphatic heterocycles. The Kier molecular flexibility index (Phi) is 5.37. The van der Waals surface area contributed by atoms with Crippen molar-refractivity contribution in [3.05, 3.63) is 28.3 Å². The van der Waals surface area contributed by atoms with Gasteiger partial charge in [-0.2, -0.15) is 11.8 Å². The van der Waals surface area contributed by atoms with Crippen LogP contribution in [-0.2, 0) is 10.5 Å². The van der Waals surface area contributed by atoms with Crippen molar-refractivity contribution in [2.45, 2.75) is 12.1 Å². The van der Waals surface area contributed by atoms with Crippen molar-refractivity contribution in [1.82, 2.24) is 0 Å². The van der Waals surface area contributed by atoms with Gasteiger partial charge in [-0.25, -0.2) is 4.79 Å². The third-order valence-electron chi connectivity index (χ3n) is 2.12. The van der Waals surface area contributed by atoms with Crippen molar-refractivity contribution in [1.29, 1.82) is 0 Å². The monoisotopic (exact) mass is 314 g/mol. The molecule has 106 valence electrons. The number of carbonyl (C=O) groups is 1. The number of methoxy groups -OCH3 is 1. The number of carbonyl (C=O) groups excluding carboxylic acids is 1. The van der Waals surface area contributed by atoms with Crippen molar-refractivity contribution in [2.75, 3.05) is 13.4 Å². The summed E-state index contributed by atoms with van der Waals surface area (Å²) in [6, 6.07) is 2.19.